The molecule has 3 nitrogen and oxygen atoms in total. The van der Waals surface area contributed by atoms with Crippen LogP contribution >= 0.6 is 11.6 Å². The molecule has 0 aliphatic heterocycles. The molecule has 0 bridgehead atoms. The number of carboxylic acids is 1. The largest absolute Gasteiger partial charge is 0.478 e. The van der Waals surface area contributed by atoms with Crippen molar-refractivity contribution in [3.8, 4) is 5.75 Å². The highest BCUT2D eigenvalue weighted by Crippen LogP contribution is 2.26. The van der Waals surface area contributed by atoms with Crippen LogP contribution < -0.4 is 4.74 Å². The van der Waals surface area contributed by atoms with Gasteiger partial charge in [-0.2, -0.15) is 0 Å². The number of benzene rings is 2. The summed E-state index contributed by atoms with van der Waals surface area (Å²) in [6.07, 6.45) is 0.656. The summed E-state index contributed by atoms with van der Waals surface area (Å²) in [5.41, 5.74) is 0.758. The molecule has 2 aromatic carbocycles. The molecule has 1 N–H and O–H groups in total. The van der Waals surface area contributed by atoms with Crippen molar-refractivity contribution in [3.63, 3.8) is 0 Å². The van der Waals surface area contributed by atoms with E-state index in [0.717, 1.165) is 11.1 Å². The zero-order chi connectivity index (χ0) is 15.5. The molecule has 110 valence electrons. The number of rotatable bonds is 5. The van der Waals surface area contributed by atoms with Gasteiger partial charge in [-0.05, 0) is 43.2 Å². The van der Waals surface area contributed by atoms with Crippen molar-refractivity contribution in [2.45, 2.75) is 25.9 Å². The quantitative estimate of drug-likeness (QED) is 0.901. The molecule has 0 fully saturated rings. The molecule has 0 saturated heterocycles. The summed E-state index contributed by atoms with van der Waals surface area (Å²) in [6.45, 7) is 3.07. The van der Waals surface area contributed by atoms with Crippen LogP contribution in [0.1, 0.15) is 25.0 Å². The zero-order valence-corrected chi connectivity index (χ0v) is 12.7. The van der Waals surface area contributed by atoms with Gasteiger partial charge in [0.1, 0.15) is 5.75 Å². The Kier molecular flexibility index (Phi) is 4.53. The van der Waals surface area contributed by atoms with E-state index in [-0.39, 0.29) is 0 Å². The van der Waals surface area contributed by atoms with Crippen molar-refractivity contribution in [3.05, 3.63) is 64.7 Å². The van der Waals surface area contributed by atoms with Crippen LogP contribution in [0.4, 0.5) is 0 Å². The Balaban J connectivity index is 2.25. The number of halogens is 1. The predicted molar refractivity (Wildman–Crippen MR) is 83.0 cm³/mol. The maximum atomic E-state index is 11.2. The molecule has 0 aliphatic carbocycles. The van der Waals surface area contributed by atoms with E-state index in [1.54, 1.807) is 6.07 Å². The van der Waals surface area contributed by atoms with Crippen LogP contribution in [0.3, 0.4) is 0 Å². The molecular formula is C17H17ClO3. The lowest BCUT2D eigenvalue weighted by molar-refractivity contribution is -0.152. The molecule has 0 atom stereocenters. The van der Waals surface area contributed by atoms with Gasteiger partial charge in [-0.1, -0.05) is 41.9 Å². The molecule has 0 spiro atoms. The van der Waals surface area contributed by atoms with E-state index in [1.807, 2.05) is 42.5 Å². The highest BCUT2D eigenvalue weighted by Gasteiger charge is 2.30. The monoisotopic (exact) mass is 304 g/mol. The van der Waals surface area contributed by atoms with Crippen molar-refractivity contribution in [1.29, 1.82) is 0 Å². The molecule has 0 unspecified atom stereocenters. The number of para-hydroxylation sites is 1. The van der Waals surface area contributed by atoms with Crippen LogP contribution in [-0.4, -0.2) is 16.7 Å². The Morgan fingerprint density at radius 3 is 2.38 bits per heavy atom. The second-order valence-corrected chi connectivity index (χ2v) is 5.76. The second-order valence-electron chi connectivity index (χ2n) is 5.33. The third-order valence-corrected chi connectivity index (χ3v) is 3.41. The summed E-state index contributed by atoms with van der Waals surface area (Å²) < 4.78 is 5.66. The third kappa shape index (κ3) is 3.99. The first-order chi connectivity index (χ1) is 9.88. The first-order valence-electron chi connectivity index (χ1n) is 6.63. The van der Waals surface area contributed by atoms with Crippen molar-refractivity contribution in [2.24, 2.45) is 0 Å². The number of ether oxygens (including phenoxy) is 1. The van der Waals surface area contributed by atoms with E-state index in [4.69, 9.17) is 16.3 Å². The number of hydrogen-bond donors (Lipinski definition) is 1. The molecule has 0 radical (unpaired) electrons. The van der Waals surface area contributed by atoms with Crippen molar-refractivity contribution in [1.82, 2.24) is 0 Å². The summed E-state index contributed by atoms with van der Waals surface area (Å²) >= 11 is 5.88. The average Bonchev–Trinajstić information content (AvgIpc) is 2.43. The number of aliphatic carboxylic acids is 1. The Morgan fingerprint density at radius 2 is 1.76 bits per heavy atom. The average molecular weight is 305 g/mol. The summed E-state index contributed by atoms with van der Waals surface area (Å²) in [4.78, 5) is 11.2. The second kappa shape index (κ2) is 6.19. The molecule has 0 amide bonds. The van der Waals surface area contributed by atoms with Crippen molar-refractivity contribution < 1.29 is 14.6 Å². The first-order valence-corrected chi connectivity index (χ1v) is 7.01. The normalized spacial score (nSPS) is 11.2. The number of carbonyl (C=O) groups is 1. The molecular weight excluding hydrogens is 288 g/mol. The standard InChI is InChI=1S/C17H17ClO3/c1-17(2,16(19)20)21-15-6-4-3-5-13(15)11-12-7-9-14(18)10-8-12/h3-10H,11H2,1-2H3,(H,19,20). The molecule has 2 aromatic rings. The SMILES string of the molecule is CC(C)(Oc1ccccc1Cc1ccc(Cl)cc1)C(=O)O. The maximum Gasteiger partial charge on any atom is 0.347 e. The predicted octanol–water partition coefficient (Wildman–Crippen LogP) is 4.17. The smallest absolute Gasteiger partial charge is 0.347 e. The van der Waals surface area contributed by atoms with E-state index < -0.39 is 11.6 Å². The third-order valence-electron chi connectivity index (χ3n) is 3.16. The van der Waals surface area contributed by atoms with Crippen LogP contribution in [0.5, 0.6) is 5.75 Å². The van der Waals surface area contributed by atoms with Gasteiger partial charge in [-0.15, -0.1) is 0 Å². The minimum Gasteiger partial charge on any atom is -0.478 e. The van der Waals surface area contributed by atoms with E-state index in [1.165, 1.54) is 13.8 Å². The van der Waals surface area contributed by atoms with E-state index >= 15 is 0 Å². The molecule has 0 aromatic heterocycles. The fraction of sp³-hybridized carbons (Fsp3) is 0.235. The highest BCUT2D eigenvalue weighted by atomic mass is 35.5. The Labute approximate surface area is 129 Å². The fourth-order valence-electron chi connectivity index (χ4n) is 1.89. The zero-order valence-electron chi connectivity index (χ0n) is 12.0. The number of carboxylic acid groups (broad SMARTS) is 1. The lowest BCUT2D eigenvalue weighted by Crippen LogP contribution is -2.38. The van der Waals surface area contributed by atoms with Gasteiger partial charge in [0, 0.05) is 11.4 Å². The lowest BCUT2D eigenvalue weighted by atomic mass is 10.0. The molecule has 2 rings (SSSR count). The Morgan fingerprint density at radius 1 is 1.14 bits per heavy atom. The van der Waals surface area contributed by atoms with Gasteiger partial charge >= 0.3 is 5.97 Å². The van der Waals surface area contributed by atoms with Gasteiger partial charge in [0.05, 0.1) is 0 Å². The lowest BCUT2D eigenvalue weighted by Gasteiger charge is -2.23. The van der Waals surface area contributed by atoms with Crippen LogP contribution in [-0.2, 0) is 11.2 Å². The van der Waals surface area contributed by atoms with Crippen molar-refractivity contribution >= 4 is 17.6 Å². The van der Waals surface area contributed by atoms with E-state index in [0.29, 0.717) is 17.2 Å². The van der Waals surface area contributed by atoms with Gasteiger partial charge in [0.25, 0.3) is 0 Å². The molecule has 0 saturated carbocycles. The van der Waals surface area contributed by atoms with Crippen LogP contribution in [0, 0.1) is 0 Å². The van der Waals surface area contributed by atoms with Crippen LogP contribution in [0.25, 0.3) is 0 Å². The highest BCUT2D eigenvalue weighted by molar-refractivity contribution is 6.30. The van der Waals surface area contributed by atoms with E-state index in [9.17, 15) is 9.90 Å². The number of hydrogen-bond acceptors (Lipinski definition) is 2. The van der Waals surface area contributed by atoms with Crippen LogP contribution in [0.2, 0.25) is 5.02 Å². The van der Waals surface area contributed by atoms with Gasteiger partial charge in [-0.25, -0.2) is 4.79 Å². The summed E-state index contributed by atoms with van der Waals surface area (Å²) in [6, 6.07) is 15.0. The minimum atomic E-state index is -1.27. The van der Waals surface area contributed by atoms with Gasteiger partial charge in [0.15, 0.2) is 5.60 Å². The summed E-state index contributed by atoms with van der Waals surface area (Å²) in [7, 11) is 0. The molecule has 0 aliphatic rings. The van der Waals surface area contributed by atoms with E-state index in [2.05, 4.69) is 0 Å². The maximum absolute atomic E-state index is 11.2. The topological polar surface area (TPSA) is 46.5 Å². The summed E-state index contributed by atoms with van der Waals surface area (Å²) in [5.74, 6) is -0.413. The van der Waals surface area contributed by atoms with Crippen molar-refractivity contribution in [2.75, 3.05) is 0 Å². The Bertz CT molecular complexity index is 633. The molecule has 21 heavy (non-hydrogen) atoms. The Hall–Kier alpha value is -2.00. The van der Waals surface area contributed by atoms with Gasteiger partial charge in [0.2, 0.25) is 0 Å². The van der Waals surface area contributed by atoms with Gasteiger partial charge in [-0.3, -0.25) is 0 Å². The minimum absolute atomic E-state index is 0.583. The molecule has 4 heteroatoms. The first kappa shape index (κ1) is 15.4. The van der Waals surface area contributed by atoms with Gasteiger partial charge < -0.3 is 9.84 Å². The fourth-order valence-corrected chi connectivity index (χ4v) is 2.02. The molecule has 0 heterocycles. The van der Waals surface area contributed by atoms with Crippen LogP contribution in [0.15, 0.2) is 48.5 Å². The summed E-state index contributed by atoms with van der Waals surface area (Å²) in [5, 5.41) is 9.86.